The Morgan fingerprint density at radius 3 is 2.69 bits per heavy atom. The number of rotatable bonds is 1. The van der Waals surface area contributed by atoms with Gasteiger partial charge in [0.15, 0.2) is 0 Å². The van der Waals surface area contributed by atoms with Crippen LogP contribution in [0.5, 0.6) is 0 Å². The van der Waals surface area contributed by atoms with Crippen LogP contribution in [-0.2, 0) is 0 Å². The topological polar surface area (TPSA) is 49.6 Å². The zero-order valence-electron chi connectivity index (χ0n) is 7.98. The van der Waals surface area contributed by atoms with E-state index in [1.165, 1.54) is 18.3 Å². The lowest BCUT2D eigenvalue weighted by Gasteiger charge is -2.02. The van der Waals surface area contributed by atoms with Crippen LogP contribution in [0, 0.1) is 23.0 Å². The van der Waals surface area contributed by atoms with Gasteiger partial charge in [0, 0.05) is 17.8 Å². The monoisotopic (exact) mass is 217 g/mol. The maximum absolute atomic E-state index is 13.4. The zero-order chi connectivity index (χ0) is 11.5. The summed E-state index contributed by atoms with van der Waals surface area (Å²) in [6.45, 7) is 0. The minimum absolute atomic E-state index is 0.0544. The van der Waals surface area contributed by atoms with Crippen molar-refractivity contribution in [2.24, 2.45) is 0 Å². The van der Waals surface area contributed by atoms with Gasteiger partial charge in [0.05, 0.1) is 5.69 Å². The Kier molecular flexibility index (Phi) is 2.56. The normalized spacial score (nSPS) is 9.81. The van der Waals surface area contributed by atoms with Gasteiger partial charge in [-0.3, -0.25) is 0 Å². The van der Waals surface area contributed by atoms with Crippen molar-refractivity contribution in [3.63, 3.8) is 0 Å². The summed E-state index contributed by atoms with van der Waals surface area (Å²) in [6, 6.07) is 6.38. The van der Waals surface area contributed by atoms with Crippen molar-refractivity contribution in [2.45, 2.75) is 0 Å². The van der Waals surface area contributed by atoms with E-state index in [-0.39, 0.29) is 17.1 Å². The van der Waals surface area contributed by atoms with Crippen LogP contribution in [0.2, 0.25) is 0 Å². The first kappa shape index (κ1) is 10.2. The van der Waals surface area contributed by atoms with Gasteiger partial charge in [0.25, 0.3) is 0 Å². The average molecular weight is 217 g/mol. The Hall–Kier alpha value is -2.35. The fraction of sp³-hybridized carbons (Fsp3) is 0. The lowest BCUT2D eigenvalue weighted by Crippen LogP contribution is -1.93. The number of halogens is 2. The van der Waals surface area contributed by atoms with E-state index in [9.17, 15) is 8.78 Å². The second-order valence-corrected chi connectivity index (χ2v) is 3.00. The molecule has 0 N–H and O–H groups in total. The van der Waals surface area contributed by atoms with Crippen LogP contribution in [0.25, 0.3) is 11.3 Å². The van der Waals surface area contributed by atoms with Crippen LogP contribution in [0.4, 0.5) is 8.78 Å². The number of benzene rings is 1. The van der Waals surface area contributed by atoms with Gasteiger partial charge in [-0.05, 0) is 18.2 Å². The summed E-state index contributed by atoms with van der Waals surface area (Å²) < 4.78 is 26.1. The molecule has 3 nitrogen and oxygen atoms in total. The molecular weight excluding hydrogens is 212 g/mol. The molecule has 0 aliphatic carbocycles. The van der Waals surface area contributed by atoms with Gasteiger partial charge in [-0.2, -0.15) is 5.26 Å². The van der Waals surface area contributed by atoms with Gasteiger partial charge in [-0.1, -0.05) is 0 Å². The summed E-state index contributed by atoms with van der Waals surface area (Å²) >= 11 is 0. The third kappa shape index (κ3) is 1.86. The maximum atomic E-state index is 13.4. The van der Waals surface area contributed by atoms with Crippen LogP contribution in [-0.4, -0.2) is 9.97 Å². The van der Waals surface area contributed by atoms with E-state index in [1.807, 2.05) is 0 Å². The van der Waals surface area contributed by atoms with Crippen LogP contribution in [0.1, 0.15) is 5.82 Å². The van der Waals surface area contributed by atoms with E-state index in [1.54, 1.807) is 6.07 Å². The van der Waals surface area contributed by atoms with Crippen LogP contribution >= 0.6 is 0 Å². The second kappa shape index (κ2) is 4.03. The first-order chi connectivity index (χ1) is 7.70. The minimum Gasteiger partial charge on any atom is -0.227 e. The summed E-state index contributed by atoms with van der Waals surface area (Å²) in [6.07, 6.45) is 1.35. The van der Waals surface area contributed by atoms with Crippen molar-refractivity contribution >= 4 is 0 Å². The standard InChI is InChI=1S/C11H5F2N3/c12-7-1-2-8(9(13)5-7)10-3-4-15-11(6-14)16-10/h1-5H. The maximum Gasteiger partial charge on any atom is 0.232 e. The Bertz CT molecular complexity index is 576. The van der Waals surface area contributed by atoms with Crippen LogP contribution < -0.4 is 0 Å². The van der Waals surface area contributed by atoms with Crippen molar-refractivity contribution in [3.05, 3.63) is 47.9 Å². The van der Waals surface area contributed by atoms with Crippen molar-refractivity contribution in [1.82, 2.24) is 9.97 Å². The van der Waals surface area contributed by atoms with Gasteiger partial charge >= 0.3 is 0 Å². The molecule has 78 valence electrons. The minimum atomic E-state index is -0.720. The van der Waals surface area contributed by atoms with Gasteiger partial charge < -0.3 is 0 Å². The number of nitrogens with zero attached hydrogens (tertiary/aromatic N) is 3. The summed E-state index contributed by atoms with van der Waals surface area (Å²) in [5, 5.41) is 8.59. The molecule has 2 rings (SSSR count). The highest BCUT2D eigenvalue weighted by molar-refractivity contribution is 5.59. The number of aromatic nitrogens is 2. The molecule has 0 atom stereocenters. The van der Waals surface area contributed by atoms with E-state index in [2.05, 4.69) is 9.97 Å². The SMILES string of the molecule is N#Cc1nccc(-c2ccc(F)cc2F)n1. The molecule has 0 aliphatic rings. The molecule has 0 amide bonds. The Labute approximate surface area is 90.0 Å². The third-order valence-electron chi connectivity index (χ3n) is 1.96. The lowest BCUT2D eigenvalue weighted by molar-refractivity contribution is 0.585. The molecule has 0 fully saturated rings. The first-order valence-corrected chi connectivity index (χ1v) is 4.39. The fourth-order valence-corrected chi connectivity index (χ4v) is 1.26. The Balaban J connectivity index is 2.55. The quantitative estimate of drug-likeness (QED) is 0.736. The summed E-state index contributed by atoms with van der Waals surface area (Å²) in [5.41, 5.74) is 0.393. The smallest absolute Gasteiger partial charge is 0.227 e. The first-order valence-electron chi connectivity index (χ1n) is 4.39. The lowest BCUT2D eigenvalue weighted by atomic mass is 10.1. The zero-order valence-corrected chi connectivity index (χ0v) is 7.98. The highest BCUT2D eigenvalue weighted by atomic mass is 19.1. The molecule has 0 unspecified atom stereocenters. The average Bonchev–Trinajstić information content (AvgIpc) is 2.29. The van der Waals surface area contributed by atoms with Crippen molar-refractivity contribution in [2.75, 3.05) is 0 Å². The summed E-state index contributed by atoms with van der Waals surface area (Å²) in [4.78, 5) is 7.48. The molecule has 2 aromatic rings. The highest BCUT2D eigenvalue weighted by Crippen LogP contribution is 2.20. The van der Waals surface area contributed by atoms with Crippen molar-refractivity contribution < 1.29 is 8.78 Å². The molecule has 0 radical (unpaired) electrons. The summed E-state index contributed by atoms with van der Waals surface area (Å²) in [7, 11) is 0. The fourth-order valence-electron chi connectivity index (χ4n) is 1.26. The van der Waals surface area contributed by atoms with Crippen LogP contribution in [0.15, 0.2) is 30.5 Å². The Morgan fingerprint density at radius 2 is 2.00 bits per heavy atom. The molecule has 0 spiro atoms. The van der Waals surface area contributed by atoms with Crippen molar-refractivity contribution in [3.8, 4) is 17.3 Å². The number of nitriles is 1. The van der Waals surface area contributed by atoms with E-state index >= 15 is 0 Å². The number of hydrogen-bond acceptors (Lipinski definition) is 3. The van der Waals surface area contributed by atoms with Gasteiger partial charge in [0.1, 0.15) is 17.7 Å². The predicted molar refractivity (Wildman–Crippen MR) is 52.1 cm³/mol. The highest BCUT2D eigenvalue weighted by Gasteiger charge is 2.08. The largest absolute Gasteiger partial charge is 0.232 e. The Morgan fingerprint density at radius 1 is 1.19 bits per heavy atom. The van der Waals surface area contributed by atoms with Crippen LogP contribution in [0.3, 0.4) is 0 Å². The van der Waals surface area contributed by atoms with E-state index in [0.717, 1.165) is 12.1 Å². The van der Waals surface area contributed by atoms with E-state index < -0.39 is 11.6 Å². The van der Waals surface area contributed by atoms with Gasteiger partial charge in [0.2, 0.25) is 5.82 Å². The number of hydrogen-bond donors (Lipinski definition) is 0. The predicted octanol–water partition coefficient (Wildman–Crippen LogP) is 2.29. The van der Waals surface area contributed by atoms with Gasteiger partial charge in [-0.15, -0.1) is 0 Å². The molecule has 1 aromatic heterocycles. The molecule has 0 saturated heterocycles. The summed E-state index contributed by atoms with van der Waals surface area (Å²) in [5.74, 6) is -1.43. The second-order valence-electron chi connectivity index (χ2n) is 3.00. The molecule has 1 heterocycles. The molecule has 0 saturated carbocycles. The van der Waals surface area contributed by atoms with Gasteiger partial charge in [-0.25, -0.2) is 18.7 Å². The third-order valence-corrected chi connectivity index (χ3v) is 1.96. The molecule has 16 heavy (non-hydrogen) atoms. The van der Waals surface area contributed by atoms with Crippen molar-refractivity contribution in [1.29, 1.82) is 5.26 Å². The molecule has 0 bridgehead atoms. The van der Waals surface area contributed by atoms with E-state index in [4.69, 9.17) is 5.26 Å². The molecule has 5 heteroatoms. The molecule has 0 aliphatic heterocycles. The van der Waals surface area contributed by atoms with E-state index in [0.29, 0.717) is 0 Å². The molecular formula is C11H5F2N3. The molecule has 1 aromatic carbocycles.